The minimum Gasteiger partial charge on any atom is -0.0876 e. The van der Waals surface area contributed by atoms with Crippen LogP contribution in [0.2, 0.25) is 0 Å². The van der Waals surface area contributed by atoms with Crippen LogP contribution in [0.25, 0.3) is 0 Å². The third-order valence-corrected chi connectivity index (χ3v) is 3.76. The van der Waals surface area contributed by atoms with Gasteiger partial charge in [0, 0.05) is 16.5 Å². The van der Waals surface area contributed by atoms with Gasteiger partial charge in [0.15, 0.2) is 0 Å². The predicted molar refractivity (Wildman–Crippen MR) is 77.5 cm³/mol. The molecule has 0 atom stereocenters. The van der Waals surface area contributed by atoms with E-state index in [2.05, 4.69) is 15.9 Å². The highest BCUT2D eigenvalue weighted by molar-refractivity contribution is 9.08. The van der Waals surface area contributed by atoms with E-state index in [4.69, 9.17) is 69.6 Å². The fourth-order valence-corrected chi connectivity index (χ4v) is 2.07. The minimum absolute atomic E-state index is 0.468. The normalized spacial score (nSPS) is 12.9. The Labute approximate surface area is 132 Å². The average molecular weight is 406 g/mol. The summed E-state index contributed by atoms with van der Waals surface area (Å²) in [6, 6.07) is 5.04. The molecule has 0 N–H and O–H groups in total. The first-order valence-electron chi connectivity index (χ1n) is 3.99. The monoisotopic (exact) mass is 402 g/mol. The molecule has 0 aliphatic rings. The molecule has 0 heterocycles. The number of halogens is 7. The van der Waals surface area contributed by atoms with Crippen molar-refractivity contribution < 1.29 is 0 Å². The van der Waals surface area contributed by atoms with Gasteiger partial charge in [0.05, 0.1) is 0 Å². The van der Waals surface area contributed by atoms with Gasteiger partial charge in [-0.05, 0) is 11.6 Å². The Balaban J connectivity index is 3.33. The summed E-state index contributed by atoms with van der Waals surface area (Å²) in [5, 5.41) is 0.579. The van der Waals surface area contributed by atoms with E-state index < -0.39 is 7.59 Å². The van der Waals surface area contributed by atoms with Crippen molar-refractivity contribution in [1.29, 1.82) is 0 Å². The lowest BCUT2D eigenvalue weighted by atomic mass is 10.1. The molecule has 0 radical (unpaired) electrons. The fraction of sp³-hybridized carbons (Fsp3) is 0.333. The van der Waals surface area contributed by atoms with Crippen LogP contribution in [0.4, 0.5) is 0 Å². The van der Waals surface area contributed by atoms with Crippen molar-refractivity contribution in [2.45, 2.75) is 12.9 Å². The van der Waals surface area contributed by atoms with Gasteiger partial charge < -0.3 is 0 Å². The highest BCUT2D eigenvalue weighted by Crippen LogP contribution is 2.44. The number of rotatable bonds is 1. The summed E-state index contributed by atoms with van der Waals surface area (Å²) in [6.45, 7) is 0. The summed E-state index contributed by atoms with van der Waals surface area (Å²) in [4.78, 5) is 0. The van der Waals surface area contributed by atoms with Crippen LogP contribution in [0, 0.1) is 0 Å². The molecule has 7 heteroatoms. The molecule has 0 saturated heterocycles. The fourth-order valence-electron chi connectivity index (χ4n) is 1.10. The number of hydrogen-bond acceptors (Lipinski definition) is 0. The van der Waals surface area contributed by atoms with Gasteiger partial charge in [-0.25, -0.2) is 0 Å². The number of benzene rings is 1. The molecule has 0 fully saturated rings. The van der Waals surface area contributed by atoms with Crippen molar-refractivity contribution in [3.05, 3.63) is 34.9 Å². The molecule has 0 saturated carbocycles. The molecular weight excluding hydrogens is 401 g/mol. The van der Waals surface area contributed by atoms with Gasteiger partial charge in [0.2, 0.25) is 7.59 Å². The van der Waals surface area contributed by atoms with Crippen LogP contribution < -0.4 is 0 Å². The molecule has 16 heavy (non-hydrogen) atoms. The SMILES string of the molecule is ClC(Cl)(Cl)c1cc(CBr)cc(C(Cl)(Cl)Cl)c1. The summed E-state index contributed by atoms with van der Waals surface area (Å²) in [7, 11) is 0. The molecule has 0 aliphatic carbocycles. The Hall–Kier alpha value is 1.44. The van der Waals surface area contributed by atoms with Crippen molar-refractivity contribution >= 4 is 85.5 Å². The Bertz CT molecular complexity index is 346. The Morgan fingerprint density at radius 1 is 0.812 bits per heavy atom. The summed E-state index contributed by atoms with van der Waals surface area (Å²) >= 11 is 38.1. The Kier molecular flexibility index (Phi) is 5.43. The lowest BCUT2D eigenvalue weighted by Gasteiger charge is -2.18. The Morgan fingerprint density at radius 2 is 1.19 bits per heavy atom. The summed E-state index contributed by atoms with van der Waals surface area (Å²) in [5.41, 5.74) is 1.80. The van der Waals surface area contributed by atoms with Gasteiger partial charge in [-0.1, -0.05) is 97.7 Å². The Morgan fingerprint density at radius 3 is 1.44 bits per heavy atom. The zero-order valence-corrected chi connectivity index (χ0v) is 13.7. The topological polar surface area (TPSA) is 0 Å². The molecule has 0 bridgehead atoms. The van der Waals surface area contributed by atoms with Crippen LogP contribution in [-0.2, 0) is 12.9 Å². The average Bonchev–Trinajstić information content (AvgIpc) is 2.14. The smallest absolute Gasteiger partial charge is 0.0876 e. The molecule has 0 nitrogen and oxygen atoms in total. The van der Waals surface area contributed by atoms with Gasteiger partial charge in [-0.3, -0.25) is 0 Å². The summed E-state index contributed by atoms with van der Waals surface area (Å²) in [6.07, 6.45) is 0. The first-order valence-corrected chi connectivity index (χ1v) is 7.38. The quantitative estimate of drug-likeness (QED) is 0.485. The minimum atomic E-state index is -1.54. The number of alkyl halides is 7. The third kappa shape index (κ3) is 4.28. The van der Waals surface area contributed by atoms with Gasteiger partial charge in [-0.2, -0.15) is 0 Å². The second-order valence-electron chi connectivity index (χ2n) is 3.05. The van der Waals surface area contributed by atoms with Crippen molar-refractivity contribution in [3.8, 4) is 0 Å². The van der Waals surface area contributed by atoms with E-state index in [1.807, 2.05) is 0 Å². The van der Waals surface area contributed by atoms with Crippen molar-refractivity contribution in [2.75, 3.05) is 0 Å². The maximum atomic E-state index is 5.80. The molecule has 0 unspecified atom stereocenters. The molecule has 90 valence electrons. The van der Waals surface area contributed by atoms with Crippen LogP contribution in [0.15, 0.2) is 18.2 Å². The second kappa shape index (κ2) is 5.61. The van der Waals surface area contributed by atoms with Gasteiger partial charge >= 0.3 is 0 Å². The molecule has 1 rings (SSSR count). The molecular formula is C9H5BrCl6. The van der Waals surface area contributed by atoms with E-state index in [0.717, 1.165) is 5.56 Å². The zero-order valence-electron chi connectivity index (χ0n) is 7.58. The molecule has 0 amide bonds. The lowest BCUT2D eigenvalue weighted by molar-refractivity contribution is 1.15. The standard InChI is InChI=1S/C9H5BrCl6/c10-4-5-1-6(8(11,12)13)3-7(2-5)9(14,15)16/h1-3H,4H2. The van der Waals surface area contributed by atoms with Crippen LogP contribution >= 0.6 is 85.5 Å². The van der Waals surface area contributed by atoms with Crippen molar-refractivity contribution in [1.82, 2.24) is 0 Å². The van der Waals surface area contributed by atoms with Crippen molar-refractivity contribution in [3.63, 3.8) is 0 Å². The first-order chi connectivity index (χ1) is 7.14. The van der Waals surface area contributed by atoms with Gasteiger partial charge in [-0.15, -0.1) is 0 Å². The highest BCUT2D eigenvalue weighted by atomic mass is 79.9. The molecule has 1 aromatic carbocycles. The molecule has 1 aromatic rings. The third-order valence-electron chi connectivity index (χ3n) is 1.80. The molecule has 0 aromatic heterocycles. The second-order valence-corrected chi connectivity index (χ2v) is 8.17. The number of hydrogen-bond donors (Lipinski definition) is 0. The van der Waals surface area contributed by atoms with Crippen LogP contribution in [0.1, 0.15) is 16.7 Å². The van der Waals surface area contributed by atoms with Crippen molar-refractivity contribution in [2.24, 2.45) is 0 Å². The van der Waals surface area contributed by atoms with Gasteiger partial charge in [0.1, 0.15) is 0 Å². The lowest BCUT2D eigenvalue weighted by Crippen LogP contribution is -2.07. The van der Waals surface area contributed by atoms with Crippen LogP contribution in [-0.4, -0.2) is 0 Å². The summed E-state index contributed by atoms with van der Waals surface area (Å²) in [5.74, 6) is 0. The highest BCUT2D eigenvalue weighted by Gasteiger charge is 2.29. The zero-order chi connectivity index (χ0) is 12.6. The summed E-state index contributed by atoms with van der Waals surface area (Å²) < 4.78 is -3.08. The predicted octanol–water partition coefficient (Wildman–Crippen LogP) is 6.23. The largest absolute Gasteiger partial charge is 0.216 e. The molecule has 0 aliphatic heterocycles. The maximum absolute atomic E-state index is 5.80. The van der Waals surface area contributed by atoms with Crippen LogP contribution in [0.5, 0.6) is 0 Å². The maximum Gasteiger partial charge on any atom is 0.216 e. The molecule has 0 spiro atoms. The van der Waals surface area contributed by atoms with E-state index in [1.54, 1.807) is 18.2 Å². The van der Waals surface area contributed by atoms with E-state index >= 15 is 0 Å². The first kappa shape index (κ1) is 15.5. The van der Waals surface area contributed by atoms with E-state index in [9.17, 15) is 0 Å². The van der Waals surface area contributed by atoms with E-state index in [-0.39, 0.29) is 0 Å². The van der Waals surface area contributed by atoms with Crippen LogP contribution in [0.3, 0.4) is 0 Å². The van der Waals surface area contributed by atoms with Gasteiger partial charge in [0.25, 0.3) is 0 Å². The van der Waals surface area contributed by atoms with E-state index in [1.165, 1.54) is 0 Å². The van der Waals surface area contributed by atoms with E-state index in [0.29, 0.717) is 16.5 Å².